The Morgan fingerprint density at radius 3 is 2.80 bits per heavy atom. The normalized spacial score (nSPS) is 32.4. The lowest BCUT2D eigenvalue weighted by molar-refractivity contribution is 0.00384. The molecule has 0 radical (unpaired) electrons. The Kier molecular flexibility index (Phi) is 7.28. The molecule has 0 amide bonds. The maximum Gasteiger partial charge on any atom is 0.0587 e. The zero-order valence-corrected chi connectivity index (χ0v) is 13.3. The number of ether oxygens (including phenoxy) is 2. The van der Waals surface area contributed by atoms with E-state index in [1.807, 2.05) is 7.11 Å². The van der Waals surface area contributed by atoms with Gasteiger partial charge in [-0.25, -0.2) is 0 Å². The van der Waals surface area contributed by atoms with Crippen LogP contribution in [-0.2, 0) is 9.47 Å². The molecule has 0 aromatic rings. The highest BCUT2D eigenvalue weighted by atomic mass is 16.5. The van der Waals surface area contributed by atoms with Gasteiger partial charge in [0.05, 0.1) is 12.7 Å². The van der Waals surface area contributed by atoms with E-state index in [2.05, 4.69) is 10.2 Å². The third kappa shape index (κ3) is 4.69. The van der Waals surface area contributed by atoms with Crippen molar-refractivity contribution < 1.29 is 9.47 Å². The summed E-state index contributed by atoms with van der Waals surface area (Å²) in [6, 6.07) is 1.45. The third-order valence-electron chi connectivity index (χ3n) is 4.94. The fraction of sp³-hybridized carbons (Fsp3) is 1.00. The van der Waals surface area contributed by atoms with E-state index in [0.29, 0.717) is 12.1 Å². The first-order valence-corrected chi connectivity index (χ1v) is 8.33. The van der Waals surface area contributed by atoms with Crippen LogP contribution in [0.1, 0.15) is 44.9 Å². The van der Waals surface area contributed by atoms with E-state index in [0.717, 1.165) is 25.7 Å². The van der Waals surface area contributed by atoms with E-state index < -0.39 is 0 Å². The summed E-state index contributed by atoms with van der Waals surface area (Å²) >= 11 is 0. The van der Waals surface area contributed by atoms with Crippen molar-refractivity contribution in [2.45, 2.75) is 63.1 Å². The van der Waals surface area contributed by atoms with Crippen molar-refractivity contribution in [3.63, 3.8) is 0 Å². The molecule has 0 bridgehead atoms. The summed E-state index contributed by atoms with van der Waals surface area (Å²) in [5.74, 6) is 0. The van der Waals surface area contributed by atoms with Crippen molar-refractivity contribution in [3.8, 4) is 0 Å². The van der Waals surface area contributed by atoms with Crippen LogP contribution in [0.4, 0.5) is 0 Å². The van der Waals surface area contributed by atoms with Crippen molar-refractivity contribution >= 4 is 0 Å². The van der Waals surface area contributed by atoms with Gasteiger partial charge in [-0.3, -0.25) is 4.90 Å². The van der Waals surface area contributed by atoms with Crippen LogP contribution >= 0.6 is 0 Å². The molecule has 3 atom stereocenters. The Morgan fingerprint density at radius 1 is 1.10 bits per heavy atom. The molecule has 2 rings (SSSR count). The molecule has 1 saturated carbocycles. The SMILES string of the molecule is COCCNCC1CCCCN1C1CCCC(OC)C1. The lowest BCUT2D eigenvalue weighted by atomic mass is 9.88. The molecule has 2 aliphatic rings. The van der Waals surface area contributed by atoms with E-state index in [9.17, 15) is 0 Å². The summed E-state index contributed by atoms with van der Waals surface area (Å²) in [7, 11) is 3.63. The van der Waals surface area contributed by atoms with Gasteiger partial charge in [0.2, 0.25) is 0 Å². The second-order valence-corrected chi connectivity index (χ2v) is 6.26. The first-order chi connectivity index (χ1) is 9.85. The van der Waals surface area contributed by atoms with Gasteiger partial charge in [0.25, 0.3) is 0 Å². The van der Waals surface area contributed by atoms with Crippen molar-refractivity contribution in [3.05, 3.63) is 0 Å². The zero-order valence-electron chi connectivity index (χ0n) is 13.3. The molecule has 1 aliphatic heterocycles. The van der Waals surface area contributed by atoms with Gasteiger partial charge in [-0.2, -0.15) is 0 Å². The predicted octanol–water partition coefficient (Wildman–Crippen LogP) is 2.03. The highest BCUT2D eigenvalue weighted by Gasteiger charge is 2.32. The van der Waals surface area contributed by atoms with Crippen LogP contribution in [0.2, 0.25) is 0 Å². The summed E-state index contributed by atoms with van der Waals surface area (Å²) in [4.78, 5) is 2.77. The van der Waals surface area contributed by atoms with Crippen molar-refractivity contribution in [2.24, 2.45) is 0 Å². The van der Waals surface area contributed by atoms with Gasteiger partial charge < -0.3 is 14.8 Å². The summed E-state index contributed by atoms with van der Waals surface area (Å²) in [6.07, 6.45) is 9.73. The number of methoxy groups -OCH3 is 2. The lowest BCUT2D eigenvalue weighted by Gasteiger charge is -2.44. The summed E-state index contributed by atoms with van der Waals surface area (Å²) in [6.45, 7) is 4.16. The van der Waals surface area contributed by atoms with E-state index in [4.69, 9.17) is 9.47 Å². The minimum Gasteiger partial charge on any atom is -0.383 e. The molecule has 1 N–H and O–H groups in total. The van der Waals surface area contributed by atoms with E-state index >= 15 is 0 Å². The van der Waals surface area contributed by atoms with Gasteiger partial charge in [0.15, 0.2) is 0 Å². The molecule has 0 aromatic carbocycles. The molecular weight excluding hydrogens is 252 g/mol. The minimum absolute atomic E-state index is 0.484. The second-order valence-electron chi connectivity index (χ2n) is 6.26. The Morgan fingerprint density at radius 2 is 2.00 bits per heavy atom. The number of hydrogen-bond donors (Lipinski definition) is 1. The molecule has 3 unspecified atom stereocenters. The number of rotatable bonds is 7. The van der Waals surface area contributed by atoms with Gasteiger partial charge >= 0.3 is 0 Å². The molecule has 20 heavy (non-hydrogen) atoms. The molecular formula is C16H32N2O2. The second kappa shape index (κ2) is 8.98. The van der Waals surface area contributed by atoms with Crippen LogP contribution in [0.5, 0.6) is 0 Å². The quantitative estimate of drug-likeness (QED) is 0.725. The zero-order chi connectivity index (χ0) is 14.2. The first kappa shape index (κ1) is 16.2. The average molecular weight is 284 g/mol. The number of hydrogen-bond acceptors (Lipinski definition) is 4. The van der Waals surface area contributed by atoms with Crippen LogP contribution in [0, 0.1) is 0 Å². The lowest BCUT2D eigenvalue weighted by Crippen LogP contribution is -2.52. The Bertz CT molecular complexity index is 263. The van der Waals surface area contributed by atoms with Crippen molar-refractivity contribution in [2.75, 3.05) is 40.5 Å². The van der Waals surface area contributed by atoms with E-state index in [1.165, 1.54) is 51.5 Å². The maximum atomic E-state index is 5.60. The molecule has 0 aromatic heterocycles. The maximum absolute atomic E-state index is 5.60. The molecule has 1 aliphatic carbocycles. The fourth-order valence-corrected chi connectivity index (χ4v) is 3.80. The predicted molar refractivity (Wildman–Crippen MR) is 82.1 cm³/mol. The summed E-state index contributed by atoms with van der Waals surface area (Å²) in [5.41, 5.74) is 0. The van der Waals surface area contributed by atoms with Crippen LogP contribution in [0.3, 0.4) is 0 Å². The molecule has 118 valence electrons. The van der Waals surface area contributed by atoms with Crippen LogP contribution < -0.4 is 5.32 Å². The highest BCUT2D eigenvalue weighted by molar-refractivity contribution is 4.88. The highest BCUT2D eigenvalue weighted by Crippen LogP contribution is 2.29. The average Bonchev–Trinajstić information content (AvgIpc) is 2.52. The van der Waals surface area contributed by atoms with Crippen molar-refractivity contribution in [1.29, 1.82) is 0 Å². The standard InChI is InChI=1S/C16H32N2O2/c1-19-11-9-17-13-15-6-3-4-10-18(15)14-7-5-8-16(12-14)20-2/h14-17H,3-13H2,1-2H3. The van der Waals surface area contributed by atoms with Gasteiger partial charge in [-0.15, -0.1) is 0 Å². The topological polar surface area (TPSA) is 33.7 Å². The fourth-order valence-electron chi connectivity index (χ4n) is 3.80. The third-order valence-corrected chi connectivity index (χ3v) is 4.94. The van der Waals surface area contributed by atoms with Crippen LogP contribution in [-0.4, -0.2) is 63.5 Å². The Labute approximate surface area is 124 Å². The number of likely N-dealkylation sites (tertiary alicyclic amines) is 1. The smallest absolute Gasteiger partial charge is 0.0587 e. The molecule has 1 heterocycles. The number of nitrogens with one attached hydrogen (secondary N) is 1. The molecule has 4 nitrogen and oxygen atoms in total. The Hall–Kier alpha value is -0.160. The van der Waals surface area contributed by atoms with Crippen LogP contribution in [0.25, 0.3) is 0 Å². The van der Waals surface area contributed by atoms with Crippen LogP contribution in [0.15, 0.2) is 0 Å². The number of piperidine rings is 1. The van der Waals surface area contributed by atoms with Crippen molar-refractivity contribution in [1.82, 2.24) is 10.2 Å². The molecule has 0 spiro atoms. The van der Waals surface area contributed by atoms with Gasteiger partial charge in [0.1, 0.15) is 0 Å². The van der Waals surface area contributed by atoms with E-state index in [-0.39, 0.29) is 0 Å². The minimum atomic E-state index is 0.484. The molecule has 4 heteroatoms. The molecule has 1 saturated heterocycles. The number of nitrogens with zero attached hydrogens (tertiary/aromatic N) is 1. The summed E-state index contributed by atoms with van der Waals surface area (Å²) < 4.78 is 10.7. The van der Waals surface area contributed by atoms with Gasteiger partial charge in [0, 0.05) is 39.4 Å². The largest absolute Gasteiger partial charge is 0.383 e. The first-order valence-electron chi connectivity index (χ1n) is 8.33. The monoisotopic (exact) mass is 284 g/mol. The Balaban J connectivity index is 1.82. The van der Waals surface area contributed by atoms with Gasteiger partial charge in [-0.1, -0.05) is 6.42 Å². The summed E-state index contributed by atoms with van der Waals surface area (Å²) in [5, 5.41) is 3.55. The van der Waals surface area contributed by atoms with Gasteiger partial charge in [-0.05, 0) is 45.1 Å². The molecule has 2 fully saturated rings. The van der Waals surface area contributed by atoms with E-state index in [1.54, 1.807) is 7.11 Å².